The van der Waals surface area contributed by atoms with Crippen LogP contribution in [-0.2, 0) is 22.6 Å². The second-order valence-corrected chi connectivity index (χ2v) is 7.69. The van der Waals surface area contributed by atoms with Crippen LogP contribution < -0.4 is 22.3 Å². The lowest BCUT2D eigenvalue weighted by Crippen LogP contribution is -2.52. The van der Waals surface area contributed by atoms with Crippen LogP contribution in [0.5, 0.6) is 0 Å². The molecular weight excluding hydrogens is 396 g/mol. The highest BCUT2D eigenvalue weighted by molar-refractivity contribution is 5.88. The zero-order valence-electron chi connectivity index (χ0n) is 17.8. The number of hydrogen-bond donors (Lipinski definition) is 4. The molecule has 9 heteroatoms. The maximum absolute atomic E-state index is 12.8. The number of carbonyl (C=O) groups is 2. The van der Waals surface area contributed by atoms with Crippen LogP contribution in [-0.4, -0.2) is 41.0 Å². The van der Waals surface area contributed by atoms with Crippen LogP contribution >= 0.6 is 0 Å². The van der Waals surface area contributed by atoms with Gasteiger partial charge >= 0.3 is 0 Å². The summed E-state index contributed by atoms with van der Waals surface area (Å²) < 4.78 is 5.15. The number of nitrogens with zero attached hydrogens (tertiary/aromatic N) is 2. The lowest BCUT2D eigenvalue weighted by Gasteiger charge is -2.34. The third-order valence-electron chi connectivity index (χ3n) is 5.32. The molecule has 1 atom stereocenters. The smallest absolute Gasteiger partial charge is 0.243 e. The maximum atomic E-state index is 12.8. The van der Waals surface area contributed by atoms with Crippen LogP contribution in [0.2, 0.25) is 0 Å². The number of aromatic nitrogens is 1. The summed E-state index contributed by atoms with van der Waals surface area (Å²) in [5.74, 6) is 5.51. The van der Waals surface area contributed by atoms with E-state index in [0.717, 1.165) is 29.7 Å². The molecular formula is C22H30N6O3. The summed E-state index contributed by atoms with van der Waals surface area (Å²) in [5.41, 5.74) is 11.7. The minimum atomic E-state index is -0.466. The predicted octanol–water partition coefficient (Wildman–Crippen LogP) is 0.986. The van der Waals surface area contributed by atoms with Crippen molar-refractivity contribution in [2.75, 3.05) is 13.1 Å². The van der Waals surface area contributed by atoms with E-state index >= 15 is 0 Å². The molecule has 1 aliphatic rings. The van der Waals surface area contributed by atoms with Gasteiger partial charge in [0.1, 0.15) is 11.8 Å². The number of amides is 2. The number of likely N-dealkylation sites (tertiary alicyclic amines) is 1. The SMILES string of the molecule is Cc1cc(CC(=O)N2CCCCC2C(=O)NCc2ccc(/C(N)=C/CNN)cc2)on1. The van der Waals surface area contributed by atoms with Crippen LogP contribution in [0.4, 0.5) is 0 Å². The molecule has 0 spiro atoms. The fourth-order valence-electron chi connectivity index (χ4n) is 3.66. The Morgan fingerprint density at radius 2 is 2.06 bits per heavy atom. The summed E-state index contributed by atoms with van der Waals surface area (Å²) in [6.07, 6.45) is 4.37. The van der Waals surface area contributed by atoms with Gasteiger partial charge in [0.25, 0.3) is 0 Å². The molecule has 3 rings (SSSR count). The third-order valence-corrected chi connectivity index (χ3v) is 5.32. The van der Waals surface area contributed by atoms with Crippen LogP contribution in [0.15, 0.2) is 40.9 Å². The van der Waals surface area contributed by atoms with E-state index in [4.69, 9.17) is 16.1 Å². The van der Waals surface area contributed by atoms with Crippen molar-refractivity contribution >= 4 is 17.5 Å². The maximum Gasteiger partial charge on any atom is 0.243 e. The first-order valence-electron chi connectivity index (χ1n) is 10.5. The van der Waals surface area contributed by atoms with Crippen molar-refractivity contribution in [3.05, 3.63) is 59.0 Å². The Morgan fingerprint density at radius 1 is 1.29 bits per heavy atom. The van der Waals surface area contributed by atoms with E-state index in [2.05, 4.69) is 15.9 Å². The largest absolute Gasteiger partial charge is 0.398 e. The van der Waals surface area contributed by atoms with Gasteiger partial charge in [-0.05, 0) is 43.4 Å². The molecule has 166 valence electrons. The number of rotatable bonds is 8. The van der Waals surface area contributed by atoms with Crippen LogP contribution in [0.1, 0.15) is 41.8 Å². The number of piperidine rings is 1. The Balaban J connectivity index is 1.57. The monoisotopic (exact) mass is 426 g/mol. The number of aryl methyl sites for hydroxylation is 1. The zero-order valence-corrected chi connectivity index (χ0v) is 17.8. The molecule has 6 N–H and O–H groups in total. The molecule has 1 unspecified atom stereocenters. The third kappa shape index (κ3) is 6.16. The van der Waals surface area contributed by atoms with Crippen molar-refractivity contribution in [3.8, 4) is 0 Å². The molecule has 2 amide bonds. The van der Waals surface area contributed by atoms with Crippen LogP contribution in [0.25, 0.3) is 5.70 Å². The van der Waals surface area contributed by atoms with Gasteiger partial charge in [-0.2, -0.15) is 0 Å². The number of benzene rings is 1. The molecule has 0 radical (unpaired) electrons. The summed E-state index contributed by atoms with van der Waals surface area (Å²) in [6.45, 7) is 3.24. The highest BCUT2D eigenvalue weighted by Gasteiger charge is 2.32. The molecule has 1 aromatic heterocycles. The average molecular weight is 427 g/mol. The second-order valence-electron chi connectivity index (χ2n) is 7.69. The highest BCUT2D eigenvalue weighted by atomic mass is 16.5. The van der Waals surface area contributed by atoms with E-state index in [1.165, 1.54) is 0 Å². The van der Waals surface area contributed by atoms with Gasteiger partial charge in [0.2, 0.25) is 11.8 Å². The topological polar surface area (TPSA) is 140 Å². The minimum Gasteiger partial charge on any atom is -0.398 e. The van der Waals surface area contributed by atoms with E-state index in [9.17, 15) is 9.59 Å². The number of hydrogen-bond acceptors (Lipinski definition) is 7. The van der Waals surface area contributed by atoms with E-state index in [1.807, 2.05) is 31.2 Å². The zero-order chi connectivity index (χ0) is 22.2. The van der Waals surface area contributed by atoms with Gasteiger partial charge < -0.3 is 20.5 Å². The highest BCUT2D eigenvalue weighted by Crippen LogP contribution is 2.19. The molecule has 1 aromatic carbocycles. The lowest BCUT2D eigenvalue weighted by atomic mass is 10.0. The number of nitrogens with one attached hydrogen (secondary N) is 2. The Hall–Kier alpha value is -3.17. The molecule has 1 fully saturated rings. The first-order valence-corrected chi connectivity index (χ1v) is 10.5. The molecule has 1 saturated heterocycles. The summed E-state index contributed by atoms with van der Waals surface area (Å²) in [7, 11) is 0. The van der Waals surface area contributed by atoms with Gasteiger partial charge in [-0.15, -0.1) is 0 Å². The van der Waals surface area contributed by atoms with Gasteiger partial charge in [0, 0.05) is 31.4 Å². The molecule has 0 aliphatic carbocycles. The lowest BCUT2D eigenvalue weighted by molar-refractivity contribution is -0.142. The second kappa shape index (κ2) is 10.7. The summed E-state index contributed by atoms with van der Waals surface area (Å²) in [4.78, 5) is 27.3. The summed E-state index contributed by atoms with van der Waals surface area (Å²) >= 11 is 0. The normalized spacial score (nSPS) is 16.9. The molecule has 0 saturated carbocycles. The van der Waals surface area contributed by atoms with Gasteiger partial charge in [-0.1, -0.05) is 29.4 Å². The quantitative estimate of drug-likeness (QED) is 0.364. The fraction of sp³-hybridized carbons (Fsp3) is 0.409. The summed E-state index contributed by atoms with van der Waals surface area (Å²) in [6, 6.07) is 8.92. The van der Waals surface area contributed by atoms with Gasteiger partial charge in [0.05, 0.1) is 12.1 Å². The standard InChI is InChI=1S/C22H30N6O3/c1-15-12-18(31-27-15)13-21(29)28-11-3-2-4-20(28)22(30)25-14-16-5-7-17(8-6-16)19(23)9-10-26-24/h5-9,12,20,26H,2-4,10-11,13-14,23-24H2,1H3,(H,25,30)/b19-9-. The van der Waals surface area contributed by atoms with Crippen molar-refractivity contribution in [3.63, 3.8) is 0 Å². The first-order chi connectivity index (χ1) is 15.0. The van der Waals surface area contributed by atoms with E-state index in [-0.39, 0.29) is 18.2 Å². The van der Waals surface area contributed by atoms with Crippen LogP contribution in [0, 0.1) is 6.92 Å². The van der Waals surface area contributed by atoms with Crippen molar-refractivity contribution in [2.45, 2.75) is 45.2 Å². The summed E-state index contributed by atoms with van der Waals surface area (Å²) in [5, 5.41) is 6.78. The van der Waals surface area contributed by atoms with E-state index < -0.39 is 6.04 Å². The Morgan fingerprint density at radius 3 is 2.74 bits per heavy atom. The minimum absolute atomic E-state index is 0.112. The molecule has 1 aliphatic heterocycles. The van der Waals surface area contributed by atoms with Gasteiger partial charge in [0.15, 0.2) is 0 Å². The number of nitrogens with two attached hydrogens (primary N) is 2. The van der Waals surface area contributed by atoms with Crippen molar-refractivity contribution < 1.29 is 14.1 Å². The fourth-order valence-corrected chi connectivity index (χ4v) is 3.66. The number of hydrazine groups is 1. The average Bonchev–Trinajstić information content (AvgIpc) is 3.20. The van der Waals surface area contributed by atoms with E-state index in [1.54, 1.807) is 17.0 Å². The first kappa shape index (κ1) is 22.5. The van der Waals surface area contributed by atoms with E-state index in [0.29, 0.717) is 37.5 Å². The van der Waals surface area contributed by atoms with Crippen molar-refractivity contribution in [1.29, 1.82) is 0 Å². The molecule has 2 aromatic rings. The van der Waals surface area contributed by atoms with Gasteiger partial charge in [-0.3, -0.25) is 20.9 Å². The Kier molecular flexibility index (Phi) is 7.80. The Bertz CT molecular complexity index is 922. The molecule has 9 nitrogen and oxygen atoms in total. The number of carbonyl (C=O) groups excluding carboxylic acids is 2. The molecule has 0 bridgehead atoms. The van der Waals surface area contributed by atoms with Crippen molar-refractivity contribution in [1.82, 2.24) is 20.8 Å². The predicted molar refractivity (Wildman–Crippen MR) is 117 cm³/mol. The molecule has 31 heavy (non-hydrogen) atoms. The Labute approximate surface area is 181 Å². The van der Waals surface area contributed by atoms with Crippen LogP contribution in [0.3, 0.4) is 0 Å². The molecule has 2 heterocycles. The van der Waals surface area contributed by atoms with Crippen molar-refractivity contribution in [2.24, 2.45) is 11.6 Å². The van der Waals surface area contributed by atoms with Gasteiger partial charge in [-0.25, -0.2) is 0 Å².